The van der Waals surface area contributed by atoms with E-state index >= 15 is 0 Å². The number of ether oxygens (including phenoxy) is 2. The van der Waals surface area contributed by atoms with Gasteiger partial charge in [-0.1, -0.05) is 46.0 Å². The largest absolute Gasteiger partial charge is 0.489 e. The first kappa shape index (κ1) is 28.7. The molecule has 0 bridgehead atoms. The molecule has 4 aromatic rings. The van der Waals surface area contributed by atoms with Crippen LogP contribution in [0.25, 0.3) is 11.3 Å². The van der Waals surface area contributed by atoms with E-state index in [0.29, 0.717) is 63.2 Å². The molecule has 2 aromatic carbocycles. The van der Waals surface area contributed by atoms with E-state index in [-0.39, 0.29) is 34.1 Å². The Morgan fingerprint density at radius 3 is 2.43 bits per heavy atom. The second kappa shape index (κ2) is 11.0. The van der Waals surface area contributed by atoms with Gasteiger partial charge in [0.2, 0.25) is 5.88 Å². The highest BCUT2D eigenvalue weighted by atomic mass is 35.5. The molecular formula is C30H24Cl3FN2O6. The second-order valence-electron chi connectivity index (χ2n) is 10.6. The van der Waals surface area contributed by atoms with Crippen LogP contribution in [-0.2, 0) is 12.2 Å². The zero-order valence-corrected chi connectivity index (χ0v) is 24.4. The number of carbonyl (C=O) groups is 1. The Balaban J connectivity index is 1.21. The highest BCUT2D eigenvalue weighted by molar-refractivity contribution is 6.39. The minimum Gasteiger partial charge on any atom is -0.489 e. The lowest BCUT2D eigenvalue weighted by Gasteiger charge is -2.44. The van der Waals surface area contributed by atoms with Gasteiger partial charge in [0.15, 0.2) is 0 Å². The number of carboxylic acid groups (broad SMARTS) is 1. The molecule has 42 heavy (non-hydrogen) atoms. The summed E-state index contributed by atoms with van der Waals surface area (Å²) < 4.78 is 30.9. The topological polar surface area (TPSA) is 115 Å². The number of pyridine rings is 1. The smallest absolute Gasteiger partial charge is 0.337 e. The van der Waals surface area contributed by atoms with E-state index in [1.54, 1.807) is 18.2 Å². The van der Waals surface area contributed by atoms with Gasteiger partial charge in [-0.15, -0.1) is 0 Å². The van der Waals surface area contributed by atoms with Crippen LogP contribution in [0.5, 0.6) is 11.6 Å². The molecule has 6 rings (SSSR count). The van der Waals surface area contributed by atoms with E-state index in [1.807, 2.05) is 0 Å². The van der Waals surface area contributed by atoms with Crippen molar-refractivity contribution in [1.82, 2.24) is 10.1 Å². The molecule has 2 aliphatic carbocycles. The van der Waals surface area contributed by atoms with Crippen molar-refractivity contribution in [3.63, 3.8) is 0 Å². The SMILES string of the molecule is COc1ncc(C(=O)O)cc1[C@H]1C[C@@](O)(c2ccc(OCc3c(-c4c(Cl)cc(F)cc4Cl)noc3C3CC3)cc2Cl)C1. The summed E-state index contributed by atoms with van der Waals surface area (Å²) in [6, 6.07) is 8.91. The summed E-state index contributed by atoms with van der Waals surface area (Å²) in [4.78, 5) is 15.5. The molecule has 2 N–H and O–H groups in total. The molecular weight excluding hydrogens is 610 g/mol. The van der Waals surface area contributed by atoms with E-state index in [9.17, 15) is 19.4 Å². The maximum Gasteiger partial charge on any atom is 0.337 e. The van der Waals surface area contributed by atoms with E-state index < -0.39 is 17.4 Å². The van der Waals surface area contributed by atoms with Crippen LogP contribution in [0.15, 0.2) is 47.1 Å². The predicted molar refractivity (Wildman–Crippen MR) is 153 cm³/mol. The number of halogens is 4. The molecule has 218 valence electrons. The average Bonchev–Trinajstić information content (AvgIpc) is 3.69. The molecule has 2 aromatic heterocycles. The molecule has 0 saturated heterocycles. The summed E-state index contributed by atoms with van der Waals surface area (Å²) in [5.41, 5.74) is 1.40. The van der Waals surface area contributed by atoms with Gasteiger partial charge in [-0.05, 0) is 61.9 Å². The van der Waals surface area contributed by atoms with Crippen molar-refractivity contribution in [3.8, 4) is 22.9 Å². The van der Waals surface area contributed by atoms with Crippen molar-refractivity contribution in [2.75, 3.05) is 7.11 Å². The number of nitrogens with zero attached hydrogens (tertiary/aromatic N) is 2. The highest BCUT2D eigenvalue weighted by Crippen LogP contribution is 2.54. The van der Waals surface area contributed by atoms with Crippen molar-refractivity contribution in [2.24, 2.45) is 0 Å². The molecule has 2 heterocycles. The maximum absolute atomic E-state index is 13.8. The van der Waals surface area contributed by atoms with Gasteiger partial charge in [0.05, 0.1) is 38.9 Å². The first-order valence-corrected chi connectivity index (χ1v) is 14.3. The van der Waals surface area contributed by atoms with Crippen molar-refractivity contribution < 1.29 is 33.4 Å². The Morgan fingerprint density at radius 1 is 1.10 bits per heavy atom. The molecule has 0 atom stereocenters. The van der Waals surface area contributed by atoms with Crippen LogP contribution >= 0.6 is 34.8 Å². The molecule has 2 fully saturated rings. The number of rotatable bonds is 9. The van der Waals surface area contributed by atoms with Crippen LogP contribution in [-0.4, -0.2) is 33.4 Å². The second-order valence-corrected chi connectivity index (χ2v) is 11.8. The van der Waals surface area contributed by atoms with Gasteiger partial charge >= 0.3 is 5.97 Å². The first-order chi connectivity index (χ1) is 20.1. The van der Waals surface area contributed by atoms with Gasteiger partial charge in [-0.2, -0.15) is 0 Å². The van der Waals surface area contributed by atoms with Gasteiger partial charge in [0.1, 0.15) is 29.6 Å². The van der Waals surface area contributed by atoms with E-state index in [0.717, 1.165) is 12.8 Å². The first-order valence-electron chi connectivity index (χ1n) is 13.1. The fourth-order valence-electron chi connectivity index (χ4n) is 5.46. The summed E-state index contributed by atoms with van der Waals surface area (Å²) in [5.74, 6) is -0.156. The number of aromatic nitrogens is 2. The summed E-state index contributed by atoms with van der Waals surface area (Å²) >= 11 is 19.3. The normalized spacial score (nSPS) is 19.8. The number of methoxy groups -OCH3 is 1. The number of hydrogen-bond donors (Lipinski definition) is 2. The molecule has 0 spiro atoms. The van der Waals surface area contributed by atoms with Crippen LogP contribution in [0.2, 0.25) is 15.1 Å². The number of benzene rings is 2. The molecule has 0 radical (unpaired) electrons. The lowest BCUT2D eigenvalue weighted by molar-refractivity contribution is -0.0554. The van der Waals surface area contributed by atoms with Crippen molar-refractivity contribution in [2.45, 2.75) is 49.7 Å². The lowest BCUT2D eigenvalue weighted by atomic mass is 9.65. The minimum absolute atomic E-state index is 0.0468. The quantitative estimate of drug-likeness (QED) is 0.192. The summed E-state index contributed by atoms with van der Waals surface area (Å²) in [7, 11) is 1.46. The molecule has 0 amide bonds. The summed E-state index contributed by atoms with van der Waals surface area (Å²) in [6.07, 6.45) is 3.76. The third-order valence-electron chi connectivity index (χ3n) is 7.76. The Bertz CT molecular complexity index is 1680. The van der Waals surface area contributed by atoms with Gasteiger partial charge in [-0.3, -0.25) is 0 Å². The van der Waals surface area contributed by atoms with Gasteiger partial charge in [0.25, 0.3) is 0 Å². The van der Waals surface area contributed by atoms with Crippen molar-refractivity contribution in [3.05, 3.63) is 91.5 Å². The predicted octanol–water partition coefficient (Wildman–Crippen LogP) is 7.76. The molecule has 8 nitrogen and oxygen atoms in total. The van der Waals surface area contributed by atoms with Crippen LogP contribution in [0.4, 0.5) is 4.39 Å². The van der Waals surface area contributed by atoms with Crippen LogP contribution in [0.1, 0.15) is 70.3 Å². The Labute approximate surface area is 254 Å². The zero-order valence-electron chi connectivity index (χ0n) is 22.2. The highest BCUT2D eigenvalue weighted by Gasteiger charge is 2.47. The van der Waals surface area contributed by atoms with Crippen LogP contribution in [0.3, 0.4) is 0 Å². The fourth-order valence-corrected chi connectivity index (χ4v) is 6.44. The third-order valence-corrected chi connectivity index (χ3v) is 8.67. The molecule has 2 aliphatic rings. The number of carboxylic acids is 1. The van der Waals surface area contributed by atoms with E-state index in [4.69, 9.17) is 48.8 Å². The molecule has 0 aliphatic heterocycles. The Hall–Kier alpha value is -3.37. The van der Waals surface area contributed by atoms with E-state index in [2.05, 4.69) is 10.1 Å². The Morgan fingerprint density at radius 2 is 1.81 bits per heavy atom. The van der Waals surface area contributed by atoms with Gasteiger partial charge in [-0.25, -0.2) is 14.2 Å². The van der Waals surface area contributed by atoms with Crippen molar-refractivity contribution in [1.29, 1.82) is 0 Å². The van der Waals surface area contributed by atoms with Crippen LogP contribution < -0.4 is 9.47 Å². The minimum atomic E-state index is -1.22. The molecule has 0 unspecified atom stereocenters. The summed E-state index contributed by atoms with van der Waals surface area (Å²) in [5, 5.41) is 25.5. The third kappa shape index (κ3) is 5.30. The monoisotopic (exact) mass is 632 g/mol. The number of aliphatic hydroxyl groups is 1. The standard InChI is InChI=1S/C30H24Cl3FN2O6/c1-40-28-19(6-15(12-35-28)29(37)38)16-10-30(39,11-16)21-5-4-18(9-22(21)31)41-13-20-26(36-42-27(20)14-2-3-14)25-23(32)7-17(34)8-24(25)33/h4-9,12,14,16,39H,2-3,10-11,13H2,1H3,(H,37,38)/t16-,30-. The van der Waals surface area contributed by atoms with Crippen LogP contribution in [0, 0.1) is 5.82 Å². The fraction of sp³-hybridized carbons (Fsp3) is 0.300. The summed E-state index contributed by atoms with van der Waals surface area (Å²) in [6.45, 7) is 0.0728. The average molecular weight is 634 g/mol. The van der Waals surface area contributed by atoms with Gasteiger partial charge in [0, 0.05) is 28.8 Å². The lowest BCUT2D eigenvalue weighted by Crippen LogP contribution is -2.40. The molecule has 12 heteroatoms. The van der Waals surface area contributed by atoms with Crippen molar-refractivity contribution >= 4 is 40.8 Å². The maximum atomic E-state index is 13.8. The van der Waals surface area contributed by atoms with Gasteiger partial charge < -0.3 is 24.2 Å². The van der Waals surface area contributed by atoms with E-state index in [1.165, 1.54) is 31.5 Å². The molecule has 2 saturated carbocycles. The zero-order chi connectivity index (χ0) is 29.8. The number of hydrogen-bond acceptors (Lipinski definition) is 7. The Kier molecular flexibility index (Phi) is 7.55. The number of aromatic carboxylic acids is 1.